The number of likely N-dealkylation sites (N-methyl/N-ethyl adjacent to an activating group) is 1. The van der Waals surface area contributed by atoms with Crippen molar-refractivity contribution >= 4 is 17.5 Å². The number of nitrogens with zero attached hydrogens (tertiary/aromatic N) is 4. The molecule has 24 heavy (non-hydrogen) atoms. The Morgan fingerprint density at radius 3 is 2.33 bits per heavy atom. The van der Waals surface area contributed by atoms with Crippen molar-refractivity contribution in [3.63, 3.8) is 0 Å². The molecule has 1 N–H and O–H groups in total. The fourth-order valence-electron chi connectivity index (χ4n) is 2.75. The molecular weight excluding hydrogens is 302 g/mol. The molecule has 1 aliphatic heterocycles. The van der Waals surface area contributed by atoms with Crippen molar-refractivity contribution in [1.29, 1.82) is 0 Å². The second-order valence-corrected chi connectivity index (χ2v) is 6.02. The van der Waals surface area contributed by atoms with Gasteiger partial charge >= 0.3 is 0 Å². The van der Waals surface area contributed by atoms with Gasteiger partial charge in [0.25, 0.3) is 5.91 Å². The number of carbonyl (C=O) groups excluding carboxylic acids is 1. The lowest BCUT2D eigenvalue weighted by Crippen LogP contribution is -2.46. The number of amides is 1. The average molecular weight is 325 g/mol. The van der Waals surface area contributed by atoms with E-state index in [0.29, 0.717) is 11.4 Å². The molecule has 0 atom stereocenters. The molecule has 2 aromatic rings. The molecule has 0 spiro atoms. The fourth-order valence-corrected chi connectivity index (χ4v) is 2.75. The van der Waals surface area contributed by atoms with E-state index in [1.165, 1.54) is 0 Å². The van der Waals surface area contributed by atoms with Crippen LogP contribution in [0.2, 0.25) is 0 Å². The Kier molecular flexibility index (Phi) is 5.05. The zero-order valence-corrected chi connectivity index (χ0v) is 14.2. The highest BCUT2D eigenvalue weighted by atomic mass is 16.1. The second-order valence-electron chi connectivity index (χ2n) is 6.02. The summed E-state index contributed by atoms with van der Waals surface area (Å²) in [5.41, 5.74) is 1.74. The number of hydrogen-bond donors (Lipinski definition) is 1. The number of anilines is 2. The van der Waals surface area contributed by atoms with E-state index in [2.05, 4.69) is 32.2 Å². The molecular formula is C18H23N5O. The molecule has 0 aliphatic carbocycles. The first-order valence-corrected chi connectivity index (χ1v) is 8.35. The molecule has 126 valence electrons. The Hall–Kier alpha value is -2.47. The lowest BCUT2D eigenvalue weighted by molar-refractivity contribution is 0.102. The highest BCUT2D eigenvalue weighted by molar-refractivity contribution is 6.03. The van der Waals surface area contributed by atoms with Crippen LogP contribution in [0, 0.1) is 6.92 Å². The van der Waals surface area contributed by atoms with Crippen molar-refractivity contribution in [3.8, 4) is 0 Å². The van der Waals surface area contributed by atoms with Crippen molar-refractivity contribution in [2.24, 2.45) is 0 Å². The Labute approximate surface area is 142 Å². The molecule has 0 radical (unpaired) electrons. The number of aromatic nitrogens is 2. The van der Waals surface area contributed by atoms with Crippen LogP contribution in [0.3, 0.4) is 0 Å². The Balaban J connectivity index is 1.60. The highest BCUT2D eigenvalue weighted by Crippen LogP contribution is 2.15. The normalized spacial score (nSPS) is 15.3. The predicted molar refractivity (Wildman–Crippen MR) is 95.5 cm³/mol. The van der Waals surface area contributed by atoms with Gasteiger partial charge < -0.3 is 15.1 Å². The van der Waals surface area contributed by atoms with E-state index in [4.69, 9.17) is 0 Å². The summed E-state index contributed by atoms with van der Waals surface area (Å²) in [5, 5.41) is 11.2. The average Bonchev–Trinajstić information content (AvgIpc) is 2.63. The third-order valence-corrected chi connectivity index (χ3v) is 4.35. The number of piperazine rings is 1. The molecule has 1 saturated heterocycles. The summed E-state index contributed by atoms with van der Waals surface area (Å²) in [4.78, 5) is 16.8. The summed E-state index contributed by atoms with van der Waals surface area (Å²) in [7, 11) is 0. The molecule has 0 saturated carbocycles. The quantitative estimate of drug-likeness (QED) is 0.933. The van der Waals surface area contributed by atoms with Gasteiger partial charge in [0, 0.05) is 31.7 Å². The number of carbonyl (C=O) groups is 1. The van der Waals surface area contributed by atoms with Gasteiger partial charge in [-0.15, -0.1) is 10.2 Å². The van der Waals surface area contributed by atoms with Crippen molar-refractivity contribution in [2.45, 2.75) is 13.8 Å². The van der Waals surface area contributed by atoms with Crippen LogP contribution in [0.25, 0.3) is 0 Å². The molecule has 2 heterocycles. The zero-order chi connectivity index (χ0) is 16.9. The summed E-state index contributed by atoms with van der Waals surface area (Å²) in [6.07, 6.45) is 0. The third-order valence-electron chi connectivity index (χ3n) is 4.35. The van der Waals surface area contributed by atoms with Gasteiger partial charge in [-0.1, -0.05) is 24.6 Å². The maximum absolute atomic E-state index is 12.2. The van der Waals surface area contributed by atoms with Crippen LogP contribution in [0.5, 0.6) is 0 Å². The molecule has 1 aliphatic rings. The molecule has 6 nitrogen and oxygen atoms in total. The molecule has 1 aromatic carbocycles. The predicted octanol–water partition coefficient (Wildman–Crippen LogP) is 2.18. The van der Waals surface area contributed by atoms with Gasteiger partial charge in [0.2, 0.25) is 0 Å². The Morgan fingerprint density at radius 1 is 1.04 bits per heavy atom. The summed E-state index contributed by atoms with van der Waals surface area (Å²) in [6, 6.07) is 11.2. The number of benzene rings is 1. The molecule has 0 bridgehead atoms. The lowest BCUT2D eigenvalue weighted by Gasteiger charge is -2.34. The SMILES string of the molecule is CCN1CCN(c2ccc(NC(=O)c3ccc(C)cc3)nn2)CC1. The maximum Gasteiger partial charge on any atom is 0.256 e. The van der Waals surface area contributed by atoms with Crippen LogP contribution in [0.4, 0.5) is 11.6 Å². The highest BCUT2D eigenvalue weighted by Gasteiger charge is 2.17. The number of aryl methyl sites for hydroxylation is 1. The smallest absolute Gasteiger partial charge is 0.256 e. The van der Waals surface area contributed by atoms with Crippen LogP contribution >= 0.6 is 0 Å². The minimum atomic E-state index is -0.173. The van der Waals surface area contributed by atoms with Crippen LogP contribution in [-0.2, 0) is 0 Å². The maximum atomic E-state index is 12.2. The summed E-state index contributed by atoms with van der Waals surface area (Å²) in [5.74, 6) is 1.16. The third kappa shape index (κ3) is 3.89. The second kappa shape index (κ2) is 7.40. The Bertz CT molecular complexity index is 676. The van der Waals surface area contributed by atoms with Crippen molar-refractivity contribution in [1.82, 2.24) is 15.1 Å². The number of nitrogens with one attached hydrogen (secondary N) is 1. The van der Waals surface area contributed by atoms with E-state index in [1.807, 2.05) is 25.1 Å². The van der Waals surface area contributed by atoms with Gasteiger partial charge in [-0.2, -0.15) is 0 Å². The van der Waals surface area contributed by atoms with E-state index in [-0.39, 0.29) is 5.91 Å². The standard InChI is InChI=1S/C18H23N5O/c1-3-22-10-12-23(13-11-22)17-9-8-16(20-21-17)19-18(24)15-6-4-14(2)5-7-15/h4-9H,3,10-13H2,1-2H3,(H,19,20,24). The first-order chi connectivity index (χ1) is 11.7. The van der Waals surface area contributed by atoms with Crippen molar-refractivity contribution in [3.05, 3.63) is 47.5 Å². The van der Waals surface area contributed by atoms with E-state index in [9.17, 15) is 4.79 Å². The van der Waals surface area contributed by atoms with E-state index >= 15 is 0 Å². The van der Waals surface area contributed by atoms with Crippen molar-refractivity contribution in [2.75, 3.05) is 42.9 Å². The van der Waals surface area contributed by atoms with Gasteiger partial charge in [-0.3, -0.25) is 4.79 Å². The number of hydrogen-bond acceptors (Lipinski definition) is 5. The molecule has 6 heteroatoms. The number of rotatable bonds is 4. The van der Waals surface area contributed by atoms with E-state index in [0.717, 1.165) is 44.1 Å². The first-order valence-electron chi connectivity index (χ1n) is 8.35. The molecule has 3 rings (SSSR count). The summed E-state index contributed by atoms with van der Waals surface area (Å²) in [6.45, 7) is 9.26. The summed E-state index contributed by atoms with van der Waals surface area (Å²) >= 11 is 0. The van der Waals surface area contributed by atoms with Crippen LogP contribution in [-0.4, -0.2) is 53.7 Å². The molecule has 1 amide bonds. The van der Waals surface area contributed by atoms with Crippen LogP contribution in [0.1, 0.15) is 22.8 Å². The largest absolute Gasteiger partial charge is 0.353 e. The fraction of sp³-hybridized carbons (Fsp3) is 0.389. The minimum Gasteiger partial charge on any atom is -0.353 e. The van der Waals surface area contributed by atoms with Crippen LogP contribution in [0.15, 0.2) is 36.4 Å². The van der Waals surface area contributed by atoms with Gasteiger partial charge in [-0.05, 0) is 37.7 Å². The van der Waals surface area contributed by atoms with Gasteiger partial charge in [0.15, 0.2) is 11.6 Å². The Morgan fingerprint density at radius 2 is 1.75 bits per heavy atom. The first kappa shape index (κ1) is 16.4. The zero-order valence-electron chi connectivity index (χ0n) is 14.2. The lowest BCUT2D eigenvalue weighted by atomic mass is 10.1. The summed E-state index contributed by atoms with van der Waals surface area (Å²) < 4.78 is 0. The minimum absolute atomic E-state index is 0.173. The van der Waals surface area contributed by atoms with E-state index < -0.39 is 0 Å². The van der Waals surface area contributed by atoms with Gasteiger partial charge in [0.1, 0.15) is 0 Å². The molecule has 1 fully saturated rings. The van der Waals surface area contributed by atoms with Gasteiger partial charge in [0.05, 0.1) is 0 Å². The van der Waals surface area contributed by atoms with E-state index in [1.54, 1.807) is 18.2 Å². The van der Waals surface area contributed by atoms with Gasteiger partial charge in [-0.25, -0.2) is 0 Å². The van der Waals surface area contributed by atoms with Crippen LogP contribution < -0.4 is 10.2 Å². The topological polar surface area (TPSA) is 61.4 Å². The molecule has 1 aromatic heterocycles. The van der Waals surface area contributed by atoms with Crippen molar-refractivity contribution < 1.29 is 4.79 Å². The monoisotopic (exact) mass is 325 g/mol. The molecule has 0 unspecified atom stereocenters.